The zero-order valence-corrected chi connectivity index (χ0v) is 22.2. The Balaban J connectivity index is 1.65. The standard InChI is InChI=1S/C31H38N2O3/c1-6-7-8-9-17-35-30-19-23(3)31(24(4)33-30)27-12-10-11-25(20-27)21-36-28-15-13-26(14-16-28)22(2)18-29(34)32-5/h10-16,18-20H,6-9,17,21H2,1-5H3,(H,32,34)/b22-18+. The lowest BCUT2D eigenvalue weighted by molar-refractivity contribution is -0.116. The number of likely N-dealkylation sites (N-methyl/N-ethyl adjacent to an activating group) is 1. The van der Waals surface area contributed by atoms with Crippen LogP contribution in [0.15, 0.2) is 60.7 Å². The zero-order chi connectivity index (χ0) is 25.9. The Kier molecular flexibility index (Phi) is 10.1. The van der Waals surface area contributed by atoms with Crippen molar-refractivity contribution < 1.29 is 14.3 Å². The number of benzene rings is 2. The third-order valence-electron chi connectivity index (χ3n) is 6.15. The summed E-state index contributed by atoms with van der Waals surface area (Å²) in [4.78, 5) is 16.3. The molecule has 0 bridgehead atoms. The molecule has 0 aliphatic heterocycles. The molecule has 0 spiro atoms. The molecule has 0 aliphatic rings. The maximum atomic E-state index is 11.6. The van der Waals surface area contributed by atoms with Gasteiger partial charge in [-0.25, -0.2) is 4.98 Å². The summed E-state index contributed by atoms with van der Waals surface area (Å²) in [6.07, 6.45) is 6.31. The third-order valence-corrected chi connectivity index (χ3v) is 6.15. The van der Waals surface area contributed by atoms with Crippen LogP contribution in [0.1, 0.15) is 61.9 Å². The number of hydrogen-bond acceptors (Lipinski definition) is 4. The zero-order valence-electron chi connectivity index (χ0n) is 22.2. The highest BCUT2D eigenvalue weighted by molar-refractivity contribution is 5.94. The smallest absolute Gasteiger partial charge is 0.244 e. The fourth-order valence-corrected chi connectivity index (χ4v) is 4.16. The molecule has 5 nitrogen and oxygen atoms in total. The number of aromatic nitrogens is 1. The molecule has 0 saturated carbocycles. The Bertz CT molecular complexity index is 1160. The van der Waals surface area contributed by atoms with Gasteiger partial charge >= 0.3 is 0 Å². The van der Waals surface area contributed by atoms with E-state index in [-0.39, 0.29) is 5.91 Å². The molecule has 1 amide bonds. The number of pyridine rings is 1. The molecule has 1 aromatic heterocycles. The number of nitrogens with one attached hydrogen (secondary N) is 1. The first-order valence-electron chi connectivity index (χ1n) is 12.7. The molecule has 1 heterocycles. The van der Waals surface area contributed by atoms with Crippen LogP contribution in [-0.2, 0) is 11.4 Å². The highest BCUT2D eigenvalue weighted by atomic mass is 16.5. The van der Waals surface area contributed by atoms with E-state index in [1.165, 1.54) is 19.3 Å². The first-order chi connectivity index (χ1) is 17.4. The predicted octanol–water partition coefficient (Wildman–Crippen LogP) is 7.05. The van der Waals surface area contributed by atoms with E-state index in [0.29, 0.717) is 19.1 Å². The average molecular weight is 487 g/mol. The summed E-state index contributed by atoms with van der Waals surface area (Å²) in [7, 11) is 1.62. The summed E-state index contributed by atoms with van der Waals surface area (Å²) in [5.41, 5.74) is 7.35. The Morgan fingerprint density at radius 1 is 1.00 bits per heavy atom. The minimum atomic E-state index is -0.113. The molecule has 3 rings (SSSR count). The molecule has 1 N–H and O–H groups in total. The maximum Gasteiger partial charge on any atom is 0.244 e. The average Bonchev–Trinajstić information content (AvgIpc) is 2.87. The number of allylic oxidation sites excluding steroid dienone is 1. The van der Waals surface area contributed by atoms with Crippen LogP contribution in [0.4, 0.5) is 0 Å². The van der Waals surface area contributed by atoms with E-state index < -0.39 is 0 Å². The van der Waals surface area contributed by atoms with Crippen molar-refractivity contribution in [3.63, 3.8) is 0 Å². The topological polar surface area (TPSA) is 60.5 Å². The molecule has 0 saturated heterocycles. The van der Waals surface area contributed by atoms with Crippen molar-refractivity contribution in [3.05, 3.63) is 83.1 Å². The van der Waals surface area contributed by atoms with Gasteiger partial charge in [0.1, 0.15) is 12.4 Å². The number of unbranched alkanes of at least 4 members (excludes halogenated alkanes) is 3. The minimum Gasteiger partial charge on any atom is -0.489 e. The Labute approximate surface area is 215 Å². The van der Waals surface area contributed by atoms with E-state index in [0.717, 1.165) is 51.3 Å². The minimum absolute atomic E-state index is 0.113. The number of carbonyl (C=O) groups is 1. The first-order valence-corrected chi connectivity index (χ1v) is 12.7. The van der Waals surface area contributed by atoms with Gasteiger partial charge in [0.05, 0.1) is 6.61 Å². The molecular weight excluding hydrogens is 448 g/mol. The summed E-state index contributed by atoms with van der Waals surface area (Å²) in [6.45, 7) is 9.45. The molecule has 0 aliphatic carbocycles. The fourth-order valence-electron chi connectivity index (χ4n) is 4.16. The van der Waals surface area contributed by atoms with Gasteiger partial charge in [-0.2, -0.15) is 0 Å². The molecule has 5 heteroatoms. The molecule has 0 radical (unpaired) electrons. The van der Waals surface area contributed by atoms with Gasteiger partial charge in [-0.15, -0.1) is 0 Å². The van der Waals surface area contributed by atoms with Crippen LogP contribution in [0.25, 0.3) is 16.7 Å². The monoisotopic (exact) mass is 486 g/mol. The van der Waals surface area contributed by atoms with Gasteiger partial charge in [-0.05, 0) is 73.2 Å². The van der Waals surface area contributed by atoms with Crippen LogP contribution >= 0.6 is 0 Å². The van der Waals surface area contributed by atoms with Gasteiger partial charge in [-0.3, -0.25) is 4.79 Å². The van der Waals surface area contributed by atoms with Crippen molar-refractivity contribution >= 4 is 11.5 Å². The van der Waals surface area contributed by atoms with Crippen molar-refractivity contribution in [1.82, 2.24) is 10.3 Å². The Morgan fingerprint density at radius 2 is 1.78 bits per heavy atom. The summed E-state index contributed by atoms with van der Waals surface area (Å²) in [5.74, 6) is 1.37. The van der Waals surface area contributed by atoms with E-state index in [1.54, 1.807) is 13.1 Å². The molecule has 36 heavy (non-hydrogen) atoms. The highest BCUT2D eigenvalue weighted by Crippen LogP contribution is 2.30. The fraction of sp³-hybridized carbons (Fsp3) is 0.355. The second-order valence-corrected chi connectivity index (χ2v) is 9.10. The van der Waals surface area contributed by atoms with Gasteiger partial charge < -0.3 is 14.8 Å². The highest BCUT2D eigenvalue weighted by Gasteiger charge is 2.11. The van der Waals surface area contributed by atoms with Crippen LogP contribution in [-0.4, -0.2) is 24.5 Å². The van der Waals surface area contributed by atoms with E-state index in [2.05, 4.69) is 43.4 Å². The van der Waals surface area contributed by atoms with Gasteiger partial charge in [0.25, 0.3) is 0 Å². The number of hydrogen-bond donors (Lipinski definition) is 1. The van der Waals surface area contributed by atoms with Crippen molar-refractivity contribution in [2.24, 2.45) is 0 Å². The van der Waals surface area contributed by atoms with E-state index in [9.17, 15) is 4.79 Å². The predicted molar refractivity (Wildman–Crippen MR) is 147 cm³/mol. The summed E-state index contributed by atoms with van der Waals surface area (Å²) in [6, 6.07) is 18.2. The lowest BCUT2D eigenvalue weighted by Gasteiger charge is -2.14. The SMILES string of the molecule is CCCCCCOc1cc(C)c(-c2cccc(COc3ccc(/C(C)=C/C(=O)NC)cc3)c2)c(C)n1. The molecule has 190 valence electrons. The second kappa shape index (κ2) is 13.5. The van der Waals surface area contributed by atoms with Crippen LogP contribution in [0, 0.1) is 13.8 Å². The quantitative estimate of drug-likeness (QED) is 0.220. The maximum absolute atomic E-state index is 11.6. The molecule has 3 aromatic rings. The Hall–Kier alpha value is -3.60. The normalized spacial score (nSPS) is 11.3. The van der Waals surface area contributed by atoms with Crippen molar-refractivity contribution in [1.29, 1.82) is 0 Å². The van der Waals surface area contributed by atoms with Crippen LogP contribution in [0.3, 0.4) is 0 Å². The number of nitrogens with zero attached hydrogens (tertiary/aromatic N) is 1. The van der Waals surface area contributed by atoms with Crippen LogP contribution < -0.4 is 14.8 Å². The molecule has 0 unspecified atom stereocenters. The second-order valence-electron chi connectivity index (χ2n) is 9.10. The van der Waals surface area contributed by atoms with Crippen LogP contribution in [0.5, 0.6) is 11.6 Å². The lowest BCUT2D eigenvalue weighted by atomic mass is 9.98. The summed E-state index contributed by atoms with van der Waals surface area (Å²) >= 11 is 0. The van der Waals surface area contributed by atoms with Crippen LogP contribution in [0.2, 0.25) is 0 Å². The van der Waals surface area contributed by atoms with E-state index >= 15 is 0 Å². The third kappa shape index (κ3) is 7.70. The summed E-state index contributed by atoms with van der Waals surface area (Å²) < 4.78 is 11.9. The van der Waals surface area contributed by atoms with Crippen molar-refractivity contribution in [3.8, 4) is 22.8 Å². The van der Waals surface area contributed by atoms with Gasteiger partial charge in [0.15, 0.2) is 0 Å². The molecule has 0 fully saturated rings. The van der Waals surface area contributed by atoms with E-state index in [4.69, 9.17) is 14.5 Å². The number of ether oxygens (including phenoxy) is 2. The largest absolute Gasteiger partial charge is 0.489 e. The van der Waals surface area contributed by atoms with E-state index in [1.807, 2.05) is 44.2 Å². The van der Waals surface area contributed by atoms with Crippen molar-refractivity contribution in [2.75, 3.05) is 13.7 Å². The molecule has 0 atom stereocenters. The summed E-state index contributed by atoms with van der Waals surface area (Å²) in [5, 5.41) is 2.61. The molecular formula is C31H38N2O3. The van der Waals surface area contributed by atoms with Gasteiger partial charge in [0.2, 0.25) is 11.8 Å². The Morgan fingerprint density at radius 3 is 2.47 bits per heavy atom. The van der Waals surface area contributed by atoms with Gasteiger partial charge in [0, 0.05) is 30.4 Å². The van der Waals surface area contributed by atoms with Gasteiger partial charge in [-0.1, -0.05) is 56.5 Å². The number of rotatable bonds is 12. The molecule has 2 aromatic carbocycles. The number of aryl methyl sites for hydroxylation is 2. The van der Waals surface area contributed by atoms with Crippen molar-refractivity contribution in [2.45, 2.75) is 60.0 Å². The number of amides is 1. The lowest BCUT2D eigenvalue weighted by Crippen LogP contribution is -2.14. The number of carbonyl (C=O) groups excluding carboxylic acids is 1. The first kappa shape index (κ1) is 27.0.